The summed E-state index contributed by atoms with van der Waals surface area (Å²) in [4.78, 5) is 23.5. The van der Waals surface area contributed by atoms with Crippen molar-refractivity contribution < 1.29 is 14.3 Å². The van der Waals surface area contributed by atoms with E-state index in [0.717, 1.165) is 6.08 Å². The molecule has 0 saturated carbocycles. The van der Waals surface area contributed by atoms with Crippen LogP contribution < -0.4 is 0 Å². The van der Waals surface area contributed by atoms with Gasteiger partial charge < -0.3 is 9.64 Å². The maximum atomic E-state index is 11.3. The van der Waals surface area contributed by atoms with Crippen LogP contribution in [0.5, 0.6) is 0 Å². The summed E-state index contributed by atoms with van der Waals surface area (Å²) >= 11 is 0. The van der Waals surface area contributed by atoms with Crippen LogP contribution in [0, 0.1) is 0 Å². The molecule has 1 amide bonds. The molecule has 0 rings (SSSR count). The monoisotopic (exact) mass is 185 g/mol. The van der Waals surface area contributed by atoms with E-state index in [2.05, 4.69) is 4.74 Å². The van der Waals surface area contributed by atoms with Crippen molar-refractivity contribution in [1.29, 1.82) is 0 Å². The Kier molecular flexibility index (Phi) is 5.59. The maximum absolute atomic E-state index is 11.3. The summed E-state index contributed by atoms with van der Waals surface area (Å²) in [6.07, 6.45) is 2.35. The summed E-state index contributed by atoms with van der Waals surface area (Å²) in [5.41, 5.74) is 0. The third-order valence-corrected chi connectivity index (χ3v) is 1.64. The molecule has 4 nitrogen and oxygen atoms in total. The second-order valence-electron chi connectivity index (χ2n) is 2.37. The van der Waals surface area contributed by atoms with Gasteiger partial charge in [0.2, 0.25) is 5.91 Å². The number of hydrogen-bond donors (Lipinski definition) is 0. The fourth-order valence-corrected chi connectivity index (χ4v) is 0.848. The van der Waals surface area contributed by atoms with Gasteiger partial charge in [0, 0.05) is 25.2 Å². The Hall–Kier alpha value is -1.32. The van der Waals surface area contributed by atoms with Crippen LogP contribution in [0.1, 0.15) is 13.8 Å². The van der Waals surface area contributed by atoms with Crippen LogP contribution in [-0.4, -0.2) is 37.0 Å². The number of ether oxygens (including phenoxy) is 1. The first-order chi connectivity index (χ1) is 6.15. The average Bonchev–Trinajstić information content (AvgIpc) is 2.16. The molecule has 13 heavy (non-hydrogen) atoms. The number of likely N-dealkylation sites (N-methyl/N-ethyl adjacent to an activating group) is 1. The van der Waals surface area contributed by atoms with Gasteiger partial charge in [-0.3, -0.25) is 4.79 Å². The third-order valence-electron chi connectivity index (χ3n) is 1.64. The molecule has 0 saturated heterocycles. The first kappa shape index (κ1) is 11.7. The highest BCUT2D eigenvalue weighted by Crippen LogP contribution is 1.90. The van der Waals surface area contributed by atoms with E-state index in [0.29, 0.717) is 13.1 Å². The molecule has 0 spiro atoms. The molecule has 0 heterocycles. The van der Waals surface area contributed by atoms with Gasteiger partial charge in [-0.1, -0.05) is 0 Å². The second kappa shape index (κ2) is 6.22. The number of methoxy groups -OCH3 is 1. The maximum Gasteiger partial charge on any atom is 0.330 e. The zero-order valence-electron chi connectivity index (χ0n) is 8.24. The Labute approximate surface area is 78.2 Å². The summed E-state index contributed by atoms with van der Waals surface area (Å²) in [6.45, 7) is 5.04. The van der Waals surface area contributed by atoms with Crippen molar-refractivity contribution >= 4 is 11.9 Å². The number of hydrogen-bond acceptors (Lipinski definition) is 3. The van der Waals surface area contributed by atoms with Crippen molar-refractivity contribution in [3.63, 3.8) is 0 Å². The van der Waals surface area contributed by atoms with Gasteiger partial charge in [0.25, 0.3) is 0 Å². The Balaban J connectivity index is 4.12. The van der Waals surface area contributed by atoms with Gasteiger partial charge in [-0.2, -0.15) is 0 Å². The van der Waals surface area contributed by atoms with Crippen molar-refractivity contribution in [3.05, 3.63) is 12.2 Å². The quantitative estimate of drug-likeness (QED) is 0.475. The number of rotatable bonds is 4. The molecule has 0 fully saturated rings. The molecule has 0 radical (unpaired) electrons. The van der Waals surface area contributed by atoms with Crippen molar-refractivity contribution in [2.45, 2.75) is 13.8 Å². The standard InChI is InChI=1S/C9H15NO3/c1-4-10(5-2)8(11)6-7-9(12)13-3/h6-7H,4-5H2,1-3H3. The number of esters is 1. The highest BCUT2D eigenvalue weighted by Gasteiger charge is 2.05. The Bertz CT molecular complexity index is 207. The molecule has 0 atom stereocenters. The lowest BCUT2D eigenvalue weighted by atomic mass is 10.4. The van der Waals surface area contributed by atoms with E-state index in [-0.39, 0.29) is 5.91 Å². The minimum atomic E-state index is -0.513. The fraction of sp³-hybridized carbons (Fsp3) is 0.556. The van der Waals surface area contributed by atoms with Crippen LogP contribution in [0.15, 0.2) is 12.2 Å². The normalized spacial score (nSPS) is 10.1. The molecule has 74 valence electrons. The number of nitrogens with zero attached hydrogens (tertiary/aromatic N) is 1. The predicted molar refractivity (Wildman–Crippen MR) is 49.1 cm³/mol. The van der Waals surface area contributed by atoms with E-state index in [1.165, 1.54) is 13.2 Å². The summed E-state index contributed by atoms with van der Waals surface area (Å²) in [7, 11) is 1.27. The molecule has 0 N–H and O–H groups in total. The summed E-state index contributed by atoms with van der Waals surface area (Å²) in [6, 6.07) is 0. The van der Waals surface area contributed by atoms with Crippen LogP contribution in [0.25, 0.3) is 0 Å². The molecule has 0 aliphatic heterocycles. The highest BCUT2D eigenvalue weighted by molar-refractivity contribution is 5.94. The van der Waals surface area contributed by atoms with E-state index in [9.17, 15) is 9.59 Å². The lowest BCUT2D eigenvalue weighted by Crippen LogP contribution is -2.28. The van der Waals surface area contributed by atoms with Gasteiger partial charge in [-0.15, -0.1) is 0 Å². The molecule has 4 heteroatoms. The van der Waals surface area contributed by atoms with E-state index in [1.807, 2.05) is 13.8 Å². The summed E-state index contributed by atoms with van der Waals surface area (Å²) in [5, 5.41) is 0. The summed E-state index contributed by atoms with van der Waals surface area (Å²) in [5.74, 6) is -0.684. The second-order valence-corrected chi connectivity index (χ2v) is 2.37. The van der Waals surface area contributed by atoms with E-state index in [1.54, 1.807) is 4.90 Å². The molecule has 0 bridgehead atoms. The van der Waals surface area contributed by atoms with Gasteiger partial charge in [0.1, 0.15) is 0 Å². The Morgan fingerprint density at radius 3 is 2.15 bits per heavy atom. The molecule has 0 aliphatic carbocycles. The van der Waals surface area contributed by atoms with Gasteiger partial charge in [0.15, 0.2) is 0 Å². The topological polar surface area (TPSA) is 46.6 Å². The van der Waals surface area contributed by atoms with Gasteiger partial charge in [-0.25, -0.2) is 4.79 Å². The van der Waals surface area contributed by atoms with Gasteiger partial charge >= 0.3 is 5.97 Å². The van der Waals surface area contributed by atoms with E-state index in [4.69, 9.17) is 0 Å². The van der Waals surface area contributed by atoms with Crippen LogP contribution in [0.4, 0.5) is 0 Å². The minimum Gasteiger partial charge on any atom is -0.466 e. The lowest BCUT2D eigenvalue weighted by molar-refractivity contribution is -0.135. The van der Waals surface area contributed by atoms with Crippen molar-refractivity contribution in [2.24, 2.45) is 0 Å². The molecule has 0 aliphatic rings. The van der Waals surface area contributed by atoms with Crippen LogP contribution in [0.2, 0.25) is 0 Å². The average molecular weight is 185 g/mol. The van der Waals surface area contributed by atoms with Crippen molar-refractivity contribution in [2.75, 3.05) is 20.2 Å². The van der Waals surface area contributed by atoms with E-state index >= 15 is 0 Å². The predicted octanol–water partition coefficient (Wildman–Crippen LogP) is 0.584. The van der Waals surface area contributed by atoms with Crippen molar-refractivity contribution in [3.8, 4) is 0 Å². The number of carbonyl (C=O) groups is 2. The molecule has 0 aromatic carbocycles. The zero-order chi connectivity index (χ0) is 10.3. The van der Waals surface area contributed by atoms with Crippen molar-refractivity contribution in [1.82, 2.24) is 4.90 Å². The molecule has 0 aromatic heterocycles. The lowest BCUT2D eigenvalue weighted by Gasteiger charge is -2.15. The number of carbonyl (C=O) groups excluding carboxylic acids is 2. The minimum absolute atomic E-state index is 0.171. The zero-order valence-corrected chi connectivity index (χ0v) is 8.24. The molecular formula is C9H15NO3. The molecule has 0 unspecified atom stereocenters. The molecule has 0 aromatic rings. The number of amides is 1. The van der Waals surface area contributed by atoms with Crippen LogP contribution in [0.3, 0.4) is 0 Å². The Morgan fingerprint density at radius 1 is 1.23 bits per heavy atom. The van der Waals surface area contributed by atoms with E-state index < -0.39 is 5.97 Å². The van der Waals surface area contributed by atoms with Gasteiger partial charge in [-0.05, 0) is 13.8 Å². The fourth-order valence-electron chi connectivity index (χ4n) is 0.848. The third kappa shape index (κ3) is 4.30. The highest BCUT2D eigenvalue weighted by atomic mass is 16.5. The summed E-state index contributed by atoms with van der Waals surface area (Å²) < 4.78 is 4.35. The smallest absolute Gasteiger partial charge is 0.330 e. The van der Waals surface area contributed by atoms with Crippen LogP contribution in [-0.2, 0) is 14.3 Å². The molecular weight excluding hydrogens is 170 g/mol. The SMILES string of the molecule is CCN(CC)C(=O)C=CC(=O)OC. The van der Waals surface area contributed by atoms with Gasteiger partial charge in [0.05, 0.1) is 7.11 Å². The Morgan fingerprint density at radius 2 is 1.77 bits per heavy atom. The largest absolute Gasteiger partial charge is 0.466 e. The van der Waals surface area contributed by atoms with Crippen LogP contribution >= 0.6 is 0 Å². The first-order valence-electron chi connectivity index (χ1n) is 4.20. The first-order valence-corrected chi connectivity index (χ1v) is 4.20.